The summed E-state index contributed by atoms with van der Waals surface area (Å²) in [6.45, 7) is 4.42. The van der Waals surface area contributed by atoms with Gasteiger partial charge in [-0.1, -0.05) is 6.92 Å². The van der Waals surface area contributed by atoms with E-state index in [1.54, 1.807) is 11.8 Å². The van der Waals surface area contributed by atoms with Crippen molar-refractivity contribution >= 4 is 27.5 Å². The molecular formula is C13H17N3O2S2. The summed E-state index contributed by atoms with van der Waals surface area (Å²) >= 11 is 1.77. The third-order valence-electron chi connectivity index (χ3n) is 3.55. The first-order valence-electron chi connectivity index (χ1n) is 6.31. The van der Waals surface area contributed by atoms with Gasteiger partial charge >= 0.3 is 0 Å². The van der Waals surface area contributed by atoms with Gasteiger partial charge in [-0.05, 0) is 25.1 Å². The molecule has 2 rings (SSSR count). The van der Waals surface area contributed by atoms with Crippen molar-refractivity contribution in [3.8, 4) is 6.07 Å². The molecule has 0 aliphatic carbocycles. The minimum absolute atomic E-state index is 0.0752. The largest absolute Gasteiger partial charge is 0.398 e. The van der Waals surface area contributed by atoms with Gasteiger partial charge in [-0.15, -0.1) is 0 Å². The van der Waals surface area contributed by atoms with Gasteiger partial charge < -0.3 is 5.73 Å². The molecule has 2 N–H and O–H groups in total. The number of nitrogen functional groups attached to an aromatic ring is 1. The maximum atomic E-state index is 12.7. The number of anilines is 1. The molecule has 1 aliphatic rings. The lowest BCUT2D eigenvalue weighted by Gasteiger charge is -2.36. The fourth-order valence-electron chi connectivity index (χ4n) is 2.22. The number of benzene rings is 1. The molecule has 0 bridgehead atoms. The molecule has 2 unspecified atom stereocenters. The maximum absolute atomic E-state index is 12.7. The van der Waals surface area contributed by atoms with Crippen LogP contribution in [0.1, 0.15) is 19.4 Å². The Balaban J connectivity index is 2.43. The standard InChI is InChI=1S/C13H17N3O2S2/c1-9-10(2)19-6-5-16(9)20(17,18)13-4-3-11(8-14)7-12(13)15/h3-4,7,9-10H,5-6,15H2,1-2H3. The number of thioether (sulfide) groups is 1. The summed E-state index contributed by atoms with van der Waals surface area (Å²) in [5.41, 5.74) is 6.29. The molecule has 2 atom stereocenters. The first kappa shape index (κ1) is 15.2. The van der Waals surface area contributed by atoms with Gasteiger partial charge in [0.2, 0.25) is 10.0 Å². The van der Waals surface area contributed by atoms with Crippen molar-refractivity contribution in [3.63, 3.8) is 0 Å². The summed E-state index contributed by atoms with van der Waals surface area (Å²) in [5, 5.41) is 9.06. The van der Waals surface area contributed by atoms with Crippen LogP contribution in [0.15, 0.2) is 23.1 Å². The monoisotopic (exact) mass is 311 g/mol. The van der Waals surface area contributed by atoms with E-state index in [0.29, 0.717) is 12.1 Å². The molecule has 0 amide bonds. The van der Waals surface area contributed by atoms with Crippen molar-refractivity contribution in [1.29, 1.82) is 5.26 Å². The van der Waals surface area contributed by atoms with E-state index in [4.69, 9.17) is 11.0 Å². The second-order valence-corrected chi connectivity index (χ2v) is 8.14. The number of rotatable bonds is 2. The third-order valence-corrected chi connectivity index (χ3v) is 6.95. The molecule has 1 heterocycles. The fourth-order valence-corrected chi connectivity index (χ4v) is 5.32. The van der Waals surface area contributed by atoms with Crippen LogP contribution in [0.25, 0.3) is 0 Å². The summed E-state index contributed by atoms with van der Waals surface area (Å²) in [4.78, 5) is 0.0856. The molecule has 0 aromatic heterocycles. The number of nitriles is 1. The van der Waals surface area contributed by atoms with E-state index in [0.717, 1.165) is 5.75 Å². The fraction of sp³-hybridized carbons (Fsp3) is 0.462. The number of sulfonamides is 1. The Kier molecular flexibility index (Phi) is 4.28. The van der Waals surface area contributed by atoms with Crippen LogP contribution in [0, 0.1) is 11.3 Å². The average molecular weight is 311 g/mol. The van der Waals surface area contributed by atoms with E-state index in [-0.39, 0.29) is 21.9 Å². The third kappa shape index (κ3) is 2.64. The smallest absolute Gasteiger partial charge is 0.245 e. The summed E-state index contributed by atoms with van der Waals surface area (Å²) in [5.74, 6) is 0.779. The lowest BCUT2D eigenvalue weighted by atomic mass is 10.2. The van der Waals surface area contributed by atoms with Crippen LogP contribution in [0.2, 0.25) is 0 Å². The lowest BCUT2D eigenvalue weighted by molar-refractivity contribution is 0.340. The van der Waals surface area contributed by atoms with Crippen molar-refractivity contribution in [2.24, 2.45) is 0 Å². The number of hydrogen-bond acceptors (Lipinski definition) is 5. The highest BCUT2D eigenvalue weighted by molar-refractivity contribution is 8.00. The SMILES string of the molecule is CC1SCCN(S(=O)(=O)c2ccc(C#N)cc2N)C1C. The molecule has 7 heteroatoms. The second kappa shape index (κ2) is 5.64. The van der Waals surface area contributed by atoms with Gasteiger partial charge in [0.1, 0.15) is 4.90 Å². The van der Waals surface area contributed by atoms with Crippen molar-refractivity contribution in [2.45, 2.75) is 30.0 Å². The average Bonchev–Trinajstić information content (AvgIpc) is 2.41. The predicted octanol–water partition coefficient (Wildman–Crippen LogP) is 1.65. The molecule has 0 saturated carbocycles. The number of nitrogens with two attached hydrogens (primary N) is 1. The predicted molar refractivity (Wildman–Crippen MR) is 80.8 cm³/mol. The van der Waals surface area contributed by atoms with Crippen LogP contribution in [0.4, 0.5) is 5.69 Å². The number of nitrogens with zero attached hydrogens (tertiary/aromatic N) is 2. The lowest BCUT2D eigenvalue weighted by Crippen LogP contribution is -2.47. The van der Waals surface area contributed by atoms with Gasteiger partial charge in [-0.2, -0.15) is 21.3 Å². The Morgan fingerprint density at radius 1 is 1.45 bits per heavy atom. The topological polar surface area (TPSA) is 87.2 Å². The molecule has 5 nitrogen and oxygen atoms in total. The molecule has 1 saturated heterocycles. The zero-order chi connectivity index (χ0) is 14.9. The molecule has 0 radical (unpaired) electrons. The highest BCUT2D eigenvalue weighted by Crippen LogP contribution is 2.31. The summed E-state index contributed by atoms with van der Waals surface area (Å²) in [7, 11) is -3.61. The van der Waals surface area contributed by atoms with Crippen molar-refractivity contribution in [2.75, 3.05) is 18.0 Å². The normalized spacial score (nSPS) is 24.2. The van der Waals surface area contributed by atoms with E-state index < -0.39 is 10.0 Å². The molecule has 108 valence electrons. The molecule has 1 aromatic carbocycles. The Morgan fingerprint density at radius 3 is 2.75 bits per heavy atom. The quantitative estimate of drug-likeness (QED) is 0.839. The maximum Gasteiger partial charge on any atom is 0.245 e. The van der Waals surface area contributed by atoms with E-state index in [2.05, 4.69) is 0 Å². The van der Waals surface area contributed by atoms with E-state index in [1.165, 1.54) is 22.5 Å². The molecular weight excluding hydrogens is 294 g/mol. The molecule has 1 aromatic rings. The van der Waals surface area contributed by atoms with Crippen LogP contribution in [0.5, 0.6) is 0 Å². The van der Waals surface area contributed by atoms with Crippen LogP contribution >= 0.6 is 11.8 Å². The minimum Gasteiger partial charge on any atom is -0.398 e. The van der Waals surface area contributed by atoms with Crippen LogP contribution < -0.4 is 5.73 Å². The van der Waals surface area contributed by atoms with E-state index in [9.17, 15) is 8.42 Å². The molecule has 0 spiro atoms. The van der Waals surface area contributed by atoms with Gasteiger partial charge in [0.15, 0.2) is 0 Å². The highest BCUT2D eigenvalue weighted by Gasteiger charge is 2.35. The Morgan fingerprint density at radius 2 is 2.15 bits per heavy atom. The zero-order valence-electron chi connectivity index (χ0n) is 11.4. The Bertz CT molecular complexity index is 652. The van der Waals surface area contributed by atoms with Gasteiger partial charge in [-0.3, -0.25) is 0 Å². The van der Waals surface area contributed by atoms with Crippen LogP contribution in [-0.2, 0) is 10.0 Å². The summed E-state index contributed by atoms with van der Waals surface area (Å²) in [6.07, 6.45) is 0. The van der Waals surface area contributed by atoms with E-state index in [1.807, 2.05) is 19.9 Å². The second-order valence-electron chi connectivity index (χ2n) is 4.80. The van der Waals surface area contributed by atoms with Gasteiger partial charge in [-0.25, -0.2) is 8.42 Å². The minimum atomic E-state index is -3.61. The Hall–Kier alpha value is -1.23. The van der Waals surface area contributed by atoms with Crippen LogP contribution in [-0.4, -0.2) is 36.3 Å². The van der Waals surface area contributed by atoms with Crippen molar-refractivity contribution < 1.29 is 8.42 Å². The summed E-state index contributed by atoms with van der Waals surface area (Å²) < 4.78 is 26.9. The number of hydrogen-bond donors (Lipinski definition) is 1. The zero-order valence-corrected chi connectivity index (χ0v) is 13.0. The van der Waals surface area contributed by atoms with Crippen LogP contribution in [0.3, 0.4) is 0 Å². The highest BCUT2D eigenvalue weighted by atomic mass is 32.2. The van der Waals surface area contributed by atoms with E-state index >= 15 is 0 Å². The van der Waals surface area contributed by atoms with Crippen molar-refractivity contribution in [1.82, 2.24) is 4.31 Å². The molecule has 20 heavy (non-hydrogen) atoms. The first-order valence-corrected chi connectivity index (χ1v) is 8.80. The Labute approximate surface area is 123 Å². The first-order chi connectivity index (χ1) is 9.37. The van der Waals surface area contributed by atoms with Gasteiger partial charge in [0.25, 0.3) is 0 Å². The van der Waals surface area contributed by atoms with Gasteiger partial charge in [0, 0.05) is 23.6 Å². The van der Waals surface area contributed by atoms with Gasteiger partial charge in [0.05, 0.1) is 17.3 Å². The molecule has 1 fully saturated rings. The molecule has 1 aliphatic heterocycles. The van der Waals surface area contributed by atoms with Crippen molar-refractivity contribution in [3.05, 3.63) is 23.8 Å². The summed E-state index contributed by atoms with van der Waals surface area (Å²) in [6, 6.07) is 6.18.